The van der Waals surface area contributed by atoms with Crippen molar-refractivity contribution in [3.05, 3.63) is 48.0 Å². The molecule has 2 aromatic carbocycles. The Labute approximate surface area is 158 Å². The number of benzene rings is 2. The number of carbonyl (C=O) groups is 1. The van der Waals surface area contributed by atoms with Crippen LogP contribution in [0.1, 0.15) is 5.56 Å². The Morgan fingerprint density at radius 2 is 1.59 bits per heavy atom. The Morgan fingerprint density at radius 1 is 0.926 bits per heavy atom. The zero-order chi connectivity index (χ0) is 19.9. The highest BCUT2D eigenvalue weighted by Crippen LogP contribution is 2.29. The van der Waals surface area contributed by atoms with Gasteiger partial charge >= 0.3 is 0 Å². The molecular weight excluding hydrogens is 372 g/mol. The second kappa shape index (κ2) is 9.24. The van der Waals surface area contributed by atoms with Crippen LogP contribution in [0.25, 0.3) is 0 Å². The predicted molar refractivity (Wildman–Crippen MR) is 99.6 cm³/mol. The number of nitrogens with one attached hydrogen (secondary N) is 2. The standard InChI is InChI=1S/C18H22N2O6S/c1-24-14-6-4-13(5-7-14)11-19-18(21)12-20-27(22,23)15-8-9-16(25-2)17(10-15)26-3/h4-10,20H,11-12H2,1-3H3,(H,19,21). The normalized spacial score (nSPS) is 10.9. The van der Waals surface area contributed by atoms with Crippen molar-refractivity contribution in [1.82, 2.24) is 10.0 Å². The zero-order valence-electron chi connectivity index (χ0n) is 15.3. The molecule has 2 N–H and O–H groups in total. The first kappa shape index (κ1) is 20.5. The van der Waals surface area contributed by atoms with Crippen molar-refractivity contribution in [3.63, 3.8) is 0 Å². The molecule has 9 heteroatoms. The summed E-state index contributed by atoms with van der Waals surface area (Å²) in [5.41, 5.74) is 0.867. The minimum absolute atomic E-state index is 0.0249. The van der Waals surface area contributed by atoms with Gasteiger partial charge in [-0.25, -0.2) is 13.1 Å². The summed E-state index contributed by atoms with van der Waals surface area (Å²) in [6.07, 6.45) is 0. The van der Waals surface area contributed by atoms with Crippen LogP contribution in [0.4, 0.5) is 0 Å². The van der Waals surface area contributed by atoms with Gasteiger partial charge in [0.2, 0.25) is 15.9 Å². The van der Waals surface area contributed by atoms with E-state index in [0.29, 0.717) is 11.5 Å². The largest absolute Gasteiger partial charge is 0.497 e. The van der Waals surface area contributed by atoms with Gasteiger partial charge in [0.15, 0.2) is 11.5 Å². The fourth-order valence-corrected chi connectivity index (χ4v) is 3.23. The van der Waals surface area contributed by atoms with Gasteiger partial charge in [-0.3, -0.25) is 4.79 Å². The smallest absolute Gasteiger partial charge is 0.241 e. The highest BCUT2D eigenvalue weighted by molar-refractivity contribution is 7.89. The molecule has 1 amide bonds. The summed E-state index contributed by atoms with van der Waals surface area (Å²) in [6.45, 7) is -0.103. The third-order valence-corrected chi connectivity index (χ3v) is 5.14. The second-order valence-corrected chi connectivity index (χ2v) is 7.23. The Bertz CT molecular complexity index is 881. The van der Waals surface area contributed by atoms with E-state index in [-0.39, 0.29) is 23.7 Å². The molecule has 2 rings (SSSR count). The molecule has 0 aliphatic heterocycles. The molecule has 0 saturated carbocycles. The fraction of sp³-hybridized carbons (Fsp3) is 0.278. The van der Waals surface area contributed by atoms with Gasteiger partial charge in [0, 0.05) is 12.6 Å². The SMILES string of the molecule is COc1ccc(CNC(=O)CNS(=O)(=O)c2ccc(OC)c(OC)c2)cc1. The fourth-order valence-electron chi connectivity index (χ4n) is 2.23. The summed E-state index contributed by atoms with van der Waals surface area (Å²) in [5.74, 6) is 0.959. The lowest BCUT2D eigenvalue weighted by Gasteiger charge is -2.11. The number of ether oxygens (including phenoxy) is 3. The minimum atomic E-state index is -3.87. The number of amides is 1. The van der Waals surface area contributed by atoms with Gasteiger partial charge in [0.05, 0.1) is 32.8 Å². The van der Waals surface area contributed by atoms with Crippen molar-refractivity contribution in [2.75, 3.05) is 27.9 Å². The number of sulfonamides is 1. The van der Waals surface area contributed by atoms with E-state index >= 15 is 0 Å². The van der Waals surface area contributed by atoms with Crippen LogP contribution in [-0.4, -0.2) is 42.2 Å². The summed E-state index contributed by atoms with van der Waals surface area (Å²) in [7, 11) is 0.570. The molecule has 0 aliphatic rings. The maximum Gasteiger partial charge on any atom is 0.241 e. The van der Waals surface area contributed by atoms with Crippen LogP contribution in [-0.2, 0) is 21.4 Å². The Balaban J connectivity index is 1.92. The van der Waals surface area contributed by atoms with Gasteiger partial charge in [-0.2, -0.15) is 0 Å². The summed E-state index contributed by atoms with van der Waals surface area (Å²) < 4.78 is 42.2. The maximum atomic E-state index is 12.3. The molecule has 0 aromatic heterocycles. The molecule has 8 nitrogen and oxygen atoms in total. The monoisotopic (exact) mass is 394 g/mol. The summed E-state index contributed by atoms with van der Waals surface area (Å²) in [4.78, 5) is 11.9. The quantitative estimate of drug-likeness (QED) is 0.665. The van der Waals surface area contributed by atoms with Crippen molar-refractivity contribution in [1.29, 1.82) is 0 Å². The Hall–Kier alpha value is -2.78. The summed E-state index contributed by atoms with van der Waals surface area (Å²) in [6, 6.07) is 11.4. The van der Waals surface area contributed by atoms with Crippen LogP contribution in [0.5, 0.6) is 17.2 Å². The first-order valence-corrected chi connectivity index (χ1v) is 9.49. The van der Waals surface area contributed by atoms with E-state index < -0.39 is 15.9 Å². The van der Waals surface area contributed by atoms with Crippen LogP contribution >= 0.6 is 0 Å². The van der Waals surface area contributed by atoms with Gasteiger partial charge in [-0.15, -0.1) is 0 Å². The Kier molecular flexibility index (Phi) is 7.03. The number of hydrogen-bond donors (Lipinski definition) is 2. The number of methoxy groups -OCH3 is 3. The highest BCUT2D eigenvalue weighted by Gasteiger charge is 2.18. The third-order valence-electron chi connectivity index (χ3n) is 3.74. The van der Waals surface area contributed by atoms with Gasteiger partial charge in [-0.05, 0) is 29.8 Å². The lowest BCUT2D eigenvalue weighted by Crippen LogP contribution is -2.36. The van der Waals surface area contributed by atoms with E-state index in [2.05, 4.69) is 10.0 Å². The first-order valence-electron chi connectivity index (χ1n) is 8.01. The summed E-state index contributed by atoms with van der Waals surface area (Å²) >= 11 is 0. The molecule has 146 valence electrons. The average molecular weight is 394 g/mol. The van der Waals surface area contributed by atoms with Crippen LogP contribution in [0.3, 0.4) is 0 Å². The van der Waals surface area contributed by atoms with E-state index in [0.717, 1.165) is 5.56 Å². The van der Waals surface area contributed by atoms with E-state index in [9.17, 15) is 13.2 Å². The van der Waals surface area contributed by atoms with E-state index in [4.69, 9.17) is 14.2 Å². The third kappa shape index (κ3) is 5.60. The number of carbonyl (C=O) groups excluding carboxylic acids is 1. The molecule has 0 radical (unpaired) electrons. The van der Waals surface area contributed by atoms with Crippen LogP contribution in [0.2, 0.25) is 0 Å². The molecule has 0 saturated heterocycles. The minimum Gasteiger partial charge on any atom is -0.497 e. The number of hydrogen-bond acceptors (Lipinski definition) is 6. The molecule has 0 heterocycles. The van der Waals surface area contributed by atoms with Crippen LogP contribution in [0.15, 0.2) is 47.4 Å². The highest BCUT2D eigenvalue weighted by atomic mass is 32.2. The van der Waals surface area contributed by atoms with Crippen LogP contribution < -0.4 is 24.2 Å². The molecule has 0 spiro atoms. The molecule has 0 unspecified atom stereocenters. The van der Waals surface area contributed by atoms with E-state index in [1.54, 1.807) is 19.2 Å². The van der Waals surface area contributed by atoms with Gasteiger partial charge in [-0.1, -0.05) is 12.1 Å². The molecule has 0 bridgehead atoms. The van der Waals surface area contributed by atoms with Gasteiger partial charge in [0.1, 0.15) is 5.75 Å². The van der Waals surface area contributed by atoms with E-state index in [1.807, 2.05) is 12.1 Å². The molecule has 2 aromatic rings. The first-order chi connectivity index (χ1) is 12.9. The van der Waals surface area contributed by atoms with Gasteiger partial charge in [0.25, 0.3) is 0 Å². The lowest BCUT2D eigenvalue weighted by atomic mass is 10.2. The lowest BCUT2D eigenvalue weighted by molar-refractivity contribution is -0.120. The zero-order valence-corrected chi connectivity index (χ0v) is 16.1. The van der Waals surface area contributed by atoms with Crippen molar-refractivity contribution >= 4 is 15.9 Å². The molecule has 27 heavy (non-hydrogen) atoms. The molecule has 0 aliphatic carbocycles. The predicted octanol–water partition coefficient (Wildman–Crippen LogP) is 1.31. The number of rotatable bonds is 9. The molecular formula is C18H22N2O6S. The summed E-state index contributed by atoms with van der Waals surface area (Å²) in [5, 5.41) is 2.65. The van der Waals surface area contributed by atoms with Crippen LogP contribution in [0, 0.1) is 0 Å². The van der Waals surface area contributed by atoms with Crippen molar-refractivity contribution in [2.24, 2.45) is 0 Å². The van der Waals surface area contributed by atoms with Crippen molar-refractivity contribution < 1.29 is 27.4 Å². The topological polar surface area (TPSA) is 103 Å². The maximum absolute atomic E-state index is 12.3. The average Bonchev–Trinajstić information content (AvgIpc) is 2.70. The molecule has 0 atom stereocenters. The Morgan fingerprint density at radius 3 is 2.19 bits per heavy atom. The van der Waals surface area contributed by atoms with Gasteiger partial charge < -0.3 is 19.5 Å². The molecule has 0 fully saturated rings. The van der Waals surface area contributed by atoms with E-state index in [1.165, 1.54) is 32.4 Å². The van der Waals surface area contributed by atoms with Crippen molar-refractivity contribution in [2.45, 2.75) is 11.4 Å². The second-order valence-electron chi connectivity index (χ2n) is 5.47. The van der Waals surface area contributed by atoms with Crippen molar-refractivity contribution in [3.8, 4) is 17.2 Å².